The third-order valence-electron chi connectivity index (χ3n) is 15.2. The molecule has 4 aliphatic rings. The number of hydrogen-bond donors (Lipinski definition) is 2. The van der Waals surface area contributed by atoms with Crippen molar-refractivity contribution in [2.45, 2.75) is 58.3 Å². The Balaban J connectivity index is 1.27. The molecule has 6 bridgehead atoms. The fraction of sp³-hybridized carbons (Fsp3) is 0.172. The van der Waals surface area contributed by atoms with Gasteiger partial charge in [-0.1, -0.05) is 0 Å². The summed E-state index contributed by atoms with van der Waals surface area (Å²) >= 11 is -5.49. The van der Waals surface area contributed by atoms with E-state index < -0.39 is 43.0 Å². The van der Waals surface area contributed by atoms with E-state index in [4.69, 9.17) is 41.7 Å². The van der Waals surface area contributed by atoms with Gasteiger partial charge in [-0.2, -0.15) is 0 Å². The Bertz CT molecular complexity index is 4910. The number of amidine groups is 4. The van der Waals surface area contributed by atoms with E-state index >= 15 is 0 Å². The number of fused-ring (bicyclic) bond motifs is 18. The molecule has 8 aromatic carbocycles. The summed E-state index contributed by atoms with van der Waals surface area (Å²) in [5.74, 6) is 2.29. The van der Waals surface area contributed by atoms with Gasteiger partial charge in [0.2, 0.25) is 0 Å². The number of rotatable bonds is 11. The molecule has 0 unspecified atom stereocenters. The molecule has 386 valence electrons. The molecule has 2 aromatic heterocycles. The Labute approximate surface area is 454 Å². The SMILES string of the molecule is CCCCOc1c2ccccc2c(C)c2c3[n]4c(c12)N=C1N=C(N=c2c5c(OCCCC)c6ccccc6c(C)c5c([n]2[In]4[O]S(=O)(=O)O)=NC2=NC(=N3)c3cc4ccccc4cc32)c2cc3ccc(S(=O)(=O)O)cc3cc21. The van der Waals surface area contributed by atoms with Gasteiger partial charge in [-0.3, -0.25) is 0 Å². The summed E-state index contributed by atoms with van der Waals surface area (Å²) in [6, 6.07) is 35.7. The summed E-state index contributed by atoms with van der Waals surface area (Å²) < 4.78 is 98.6. The van der Waals surface area contributed by atoms with Gasteiger partial charge in [0.05, 0.1) is 0 Å². The fourth-order valence-corrected chi connectivity index (χ4v) is 21.0. The van der Waals surface area contributed by atoms with Crippen molar-refractivity contribution in [3.05, 3.63) is 160 Å². The molecule has 0 saturated heterocycles. The predicted octanol–water partition coefficient (Wildman–Crippen LogP) is 10.6. The zero-order valence-corrected chi connectivity index (χ0v) is 47.4. The van der Waals surface area contributed by atoms with Crippen molar-refractivity contribution in [3.8, 4) is 11.5 Å². The van der Waals surface area contributed by atoms with Crippen LogP contribution in [0.1, 0.15) is 72.9 Å². The average Bonchev–Trinajstić information content (AvgIpc) is 3.81. The van der Waals surface area contributed by atoms with Crippen LogP contribution in [-0.4, -0.2) is 90.1 Å². The monoisotopic (exact) mass is 1180 g/mol. The normalized spacial score (nSPS) is 14.6. The number of nitrogens with zero attached hydrogens (tertiary/aromatic N) is 8. The maximum absolute atomic E-state index is 14.1. The van der Waals surface area contributed by atoms with Gasteiger partial charge in [-0.05, 0) is 0 Å². The molecule has 14 rings (SSSR count). The zero-order chi connectivity index (χ0) is 53.5. The molecule has 6 heterocycles. The number of aryl methyl sites for hydroxylation is 2. The predicted molar refractivity (Wildman–Crippen MR) is 304 cm³/mol. The molecule has 20 heteroatoms. The van der Waals surface area contributed by atoms with E-state index in [0.717, 1.165) is 62.7 Å². The van der Waals surface area contributed by atoms with Crippen molar-refractivity contribution < 1.29 is 37.7 Å². The third kappa shape index (κ3) is 7.51. The van der Waals surface area contributed by atoms with E-state index in [-0.39, 0.29) is 39.2 Å². The van der Waals surface area contributed by atoms with Crippen LogP contribution >= 0.6 is 0 Å². The average molecular weight is 1180 g/mol. The second-order valence-corrected chi connectivity index (χ2v) is 28.8. The minimum absolute atomic E-state index is 0.144. The van der Waals surface area contributed by atoms with Crippen molar-refractivity contribution in [3.63, 3.8) is 0 Å². The molecule has 0 amide bonds. The number of unbranched alkanes of at least 4 members (excludes halogenated alkanes) is 2. The fourth-order valence-electron chi connectivity index (χ4n) is 11.5. The second-order valence-electron chi connectivity index (χ2n) is 19.9. The van der Waals surface area contributed by atoms with Crippen molar-refractivity contribution in [1.82, 2.24) is 5.11 Å². The van der Waals surface area contributed by atoms with Crippen molar-refractivity contribution in [2.24, 2.45) is 30.0 Å². The Kier molecular flexibility index (Phi) is 11.2. The first-order valence-electron chi connectivity index (χ1n) is 25.7. The van der Waals surface area contributed by atoms with E-state index in [0.29, 0.717) is 97.4 Å². The summed E-state index contributed by atoms with van der Waals surface area (Å²) in [7, 11) is -9.95. The van der Waals surface area contributed by atoms with Crippen LogP contribution < -0.4 is 20.4 Å². The summed E-state index contributed by atoms with van der Waals surface area (Å²) in [4.78, 5) is 32.4. The Morgan fingerprint density at radius 3 is 1.46 bits per heavy atom. The summed E-state index contributed by atoms with van der Waals surface area (Å²) in [5.41, 5.74) is 4.36. The van der Waals surface area contributed by atoms with Crippen LogP contribution in [0.15, 0.2) is 150 Å². The topological polar surface area (TPSA) is 220 Å². The van der Waals surface area contributed by atoms with Crippen LogP contribution in [-0.2, 0) is 22.8 Å². The first kappa shape index (κ1) is 48.8. The molecule has 0 aliphatic carbocycles. The number of benzene rings is 8. The van der Waals surface area contributed by atoms with Crippen LogP contribution in [0, 0.1) is 13.8 Å². The molecule has 0 fully saturated rings. The van der Waals surface area contributed by atoms with E-state index in [2.05, 4.69) is 13.8 Å². The maximum atomic E-state index is 14.1. The molecule has 2 N–H and O–H groups in total. The van der Waals surface area contributed by atoms with Gasteiger partial charge in [-0.15, -0.1) is 0 Å². The standard InChI is InChI=1S/C58H44N8O5S.In.H2O4S/c1-5-7-23-70-49-39-19-13-11-17-37(39)30(3)45-47(49)57-63-53-43-28-34-21-22-36(72(67,68)69)25-35(34)29-44(43)54(60-53)64-58-48-46(31(4)38-18-12-14-20-40(38)50(48)71-24-8-6-2)56(66-58)62-52-42-27-33-16-10-9-15-32(33)26-41(42)51(59-52)61-55(45)65-57;;1-5(2,3)4/h9-22,25-29H,5-8,23-24H2,1-4H3,(H-2,59,60,61,62,63,64,65,66,67,68,69);;(H2,1,2,3,4)/q-2;+3;/p-1. The first-order valence-corrected chi connectivity index (χ1v) is 32.8. The molecule has 0 radical (unpaired) electrons. The van der Waals surface area contributed by atoms with E-state index in [9.17, 15) is 25.9 Å². The summed E-state index contributed by atoms with van der Waals surface area (Å²) in [6.07, 6.45) is 3.09. The van der Waals surface area contributed by atoms with Gasteiger partial charge in [0.1, 0.15) is 0 Å². The first-order chi connectivity index (χ1) is 37.7. The molecule has 17 nitrogen and oxygen atoms in total. The molecule has 0 saturated carbocycles. The Morgan fingerprint density at radius 1 is 0.487 bits per heavy atom. The number of aliphatic imine (C=N–C) groups is 4. The van der Waals surface area contributed by atoms with Crippen LogP contribution in [0.2, 0.25) is 0 Å². The second kappa shape index (κ2) is 18.0. The molecule has 4 aliphatic heterocycles. The zero-order valence-electron chi connectivity index (χ0n) is 42.4. The van der Waals surface area contributed by atoms with Gasteiger partial charge < -0.3 is 0 Å². The van der Waals surface area contributed by atoms with Gasteiger partial charge in [0.15, 0.2) is 0 Å². The van der Waals surface area contributed by atoms with Crippen LogP contribution in [0.25, 0.3) is 64.6 Å². The van der Waals surface area contributed by atoms with Crippen molar-refractivity contribution >= 4 is 143 Å². The van der Waals surface area contributed by atoms with E-state index in [1.54, 1.807) is 17.2 Å². The Morgan fingerprint density at radius 2 is 0.936 bits per heavy atom. The Hall–Kier alpha value is -7.59. The number of hydrogen-bond acceptors (Lipinski definition) is 13. The van der Waals surface area contributed by atoms with Gasteiger partial charge in [0, 0.05) is 0 Å². The molecule has 78 heavy (non-hydrogen) atoms. The summed E-state index contributed by atoms with van der Waals surface area (Å²) in [6.45, 7) is 8.77. The van der Waals surface area contributed by atoms with Crippen LogP contribution in [0.4, 0.5) is 11.6 Å². The molecule has 10 aromatic rings. The third-order valence-corrected chi connectivity index (χ3v) is 25.3. The van der Waals surface area contributed by atoms with Crippen molar-refractivity contribution in [1.29, 1.82) is 0 Å². The van der Waals surface area contributed by atoms with Gasteiger partial charge in [0.25, 0.3) is 0 Å². The molecular weight excluding hydrogens is 1130 g/mol. The molecular formula is C58H45InN8O9S2. The number of ether oxygens (including phenoxy) is 2. The summed E-state index contributed by atoms with van der Waals surface area (Å²) in [5, 5.41) is 8.31. The quantitative estimate of drug-likeness (QED) is 0.0928. The van der Waals surface area contributed by atoms with Gasteiger partial charge in [-0.25, -0.2) is 0 Å². The molecule has 0 atom stereocenters. The van der Waals surface area contributed by atoms with Gasteiger partial charge >= 0.3 is 458 Å². The minimum atomic E-state index is -5.49. The van der Waals surface area contributed by atoms with E-state index in [1.807, 2.05) is 105 Å². The van der Waals surface area contributed by atoms with Crippen LogP contribution in [0.3, 0.4) is 0 Å². The van der Waals surface area contributed by atoms with Crippen molar-refractivity contribution in [2.75, 3.05) is 13.2 Å². The molecule has 0 spiro atoms. The van der Waals surface area contributed by atoms with Crippen LogP contribution in [0.5, 0.6) is 11.5 Å². The number of aromatic nitrogens is 2. The van der Waals surface area contributed by atoms with E-state index in [1.165, 1.54) is 12.1 Å².